The number of hydrogen-bond acceptors (Lipinski definition) is 5. The molecule has 1 atom stereocenters. The second-order valence-electron chi connectivity index (χ2n) is 8.14. The fourth-order valence-electron chi connectivity index (χ4n) is 4.28. The third kappa shape index (κ3) is 3.61. The highest BCUT2D eigenvalue weighted by molar-refractivity contribution is 5.82. The largest absolute Gasteiger partial charge is 0.344 e. The van der Waals surface area contributed by atoms with Crippen LogP contribution >= 0.6 is 0 Å². The average Bonchev–Trinajstić information content (AvgIpc) is 2.88. The molecule has 0 saturated carbocycles. The molecular formula is C20H28N6O2. The first-order valence-electron chi connectivity index (χ1n) is 10.0. The molecule has 0 aromatic carbocycles. The molecule has 4 heterocycles. The summed E-state index contributed by atoms with van der Waals surface area (Å²) in [5, 5.41) is 8.98. The van der Waals surface area contributed by atoms with Gasteiger partial charge in [-0.2, -0.15) is 5.10 Å². The fraction of sp³-hybridized carbons (Fsp3) is 0.600. The first-order chi connectivity index (χ1) is 13.4. The van der Waals surface area contributed by atoms with E-state index in [0.29, 0.717) is 18.3 Å². The minimum Gasteiger partial charge on any atom is -0.344 e. The third-order valence-electron chi connectivity index (χ3n) is 5.82. The summed E-state index contributed by atoms with van der Waals surface area (Å²) in [6.45, 7) is 7.01. The second-order valence-corrected chi connectivity index (χ2v) is 8.14. The predicted octanol–water partition coefficient (Wildman–Crippen LogP) is 0.989. The average molecular weight is 384 g/mol. The zero-order valence-corrected chi connectivity index (χ0v) is 16.8. The summed E-state index contributed by atoms with van der Waals surface area (Å²) >= 11 is 0. The minimum absolute atomic E-state index is 0.00513. The Bertz CT molecular complexity index is 927. The van der Waals surface area contributed by atoms with Crippen LogP contribution in [0.15, 0.2) is 23.0 Å². The Morgan fingerprint density at radius 3 is 2.61 bits per heavy atom. The van der Waals surface area contributed by atoms with E-state index in [0.717, 1.165) is 50.3 Å². The van der Waals surface area contributed by atoms with Gasteiger partial charge in [0.1, 0.15) is 0 Å². The number of hydrogen-bond donors (Lipinski definition) is 0. The maximum atomic E-state index is 12.5. The maximum Gasteiger partial charge on any atom is 0.266 e. The molecule has 1 unspecified atom stereocenters. The number of carbonyl (C=O) groups is 1. The van der Waals surface area contributed by atoms with Crippen molar-refractivity contribution in [1.29, 1.82) is 0 Å². The molecule has 2 aliphatic rings. The number of aryl methyl sites for hydroxylation is 2. The Hall–Kier alpha value is -2.48. The Kier molecular flexibility index (Phi) is 5.05. The second kappa shape index (κ2) is 7.50. The van der Waals surface area contributed by atoms with Gasteiger partial charge in [0.2, 0.25) is 5.91 Å². The molecule has 0 spiro atoms. The molecule has 150 valence electrons. The highest BCUT2D eigenvalue weighted by Gasteiger charge is 2.38. The Balaban J connectivity index is 1.43. The zero-order chi connectivity index (χ0) is 19.8. The van der Waals surface area contributed by atoms with E-state index in [1.807, 2.05) is 31.9 Å². The van der Waals surface area contributed by atoms with Crippen LogP contribution in [0.25, 0.3) is 5.82 Å². The molecule has 8 heteroatoms. The summed E-state index contributed by atoms with van der Waals surface area (Å²) in [5.74, 6) is 1.22. The van der Waals surface area contributed by atoms with Crippen molar-refractivity contribution in [2.24, 2.45) is 5.92 Å². The van der Waals surface area contributed by atoms with Crippen molar-refractivity contribution in [3.63, 3.8) is 0 Å². The summed E-state index contributed by atoms with van der Waals surface area (Å²) in [7, 11) is 1.89. The van der Waals surface area contributed by atoms with Gasteiger partial charge >= 0.3 is 0 Å². The summed E-state index contributed by atoms with van der Waals surface area (Å²) in [6.07, 6.45) is 3.10. The van der Waals surface area contributed by atoms with Crippen molar-refractivity contribution in [3.05, 3.63) is 39.9 Å². The number of aromatic nitrogens is 4. The van der Waals surface area contributed by atoms with Gasteiger partial charge < -0.3 is 4.90 Å². The number of nitrogens with zero attached hydrogens (tertiary/aromatic N) is 6. The highest BCUT2D eigenvalue weighted by atomic mass is 16.2. The van der Waals surface area contributed by atoms with Gasteiger partial charge in [0.25, 0.3) is 5.56 Å². The van der Waals surface area contributed by atoms with Gasteiger partial charge in [-0.25, -0.2) is 9.36 Å². The molecule has 2 aromatic rings. The lowest BCUT2D eigenvalue weighted by Crippen LogP contribution is -2.58. The first-order valence-corrected chi connectivity index (χ1v) is 10.0. The van der Waals surface area contributed by atoms with Crippen LogP contribution in [0.1, 0.15) is 30.7 Å². The summed E-state index contributed by atoms with van der Waals surface area (Å²) < 4.78 is 3.30. The van der Waals surface area contributed by atoms with Crippen molar-refractivity contribution < 1.29 is 4.79 Å². The lowest BCUT2D eigenvalue weighted by atomic mass is 9.95. The number of likely N-dealkylation sites (N-methyl/N-ethyl adjacent to an activating group) is 1. The summed E-state index contributed by atoms with van der Waals surface area (Å²) in [5.41, 5.74) is 1.81. The fourth-order valence-corrected chi connectivity index (χ4v) is 4.28. The maximum absolute atomic E-state index is 12.5. The topological polar surface area (TPSA) is 76.3 Å². The van der Waals surface area contributed by atoms with Crippen LogP contribution in [-0.2, 0) is 11.3 Å². The van der Waals surface area contributed by atoms with Crippen molar-refractivity contribution in [1.82, 2.24) is 29.4 Å². The molecule has 1 amide bonds. The van der Waals surface area contributed by atoms with Gasteiger partial charge in [-0.1, -0.05) is 0 Å². The van der Waals surface area contributed by atoms with Gasteiger partial charge in [0.15, 0.2) is 5.82 Å². The molecule has 4 rings (SSSR count). The van der Waals surface area contributed by atoms with E-state index in [9.17, 15) is 9.59 Å². The lowest BCUT2D eigenvalue weighted by molar-refractivity contribution is -0.138. The van der Waals surface area contributed by atoms with E-state index in [-0.39, 0.29) is 17.5 Å². The Morgan fingerprint density at radius 2 is 1.89 bits per heavy atom. The molecular weight excluding hydrogens is 356 g/mol. The van der Waals surface area contributed by atoms with Crippen LogP contribution in [0.4, 0.5) is 0 Å². The van der Waals surface area contributed by atoms with Gasteiger partial charge in [-0.15, -0.1) is 5.10 Å². The van der Waals surface area contributed by atoms with Crippen LogP contribution in [0.5, 0.6) is 0 Å². The van der Waals surface area contributed by atoms with Crippen molar-refractivity contribution >= 4 is 5.91 Å². The smallest absolute Gasteiger partial charge is 0.266 e. The standard InChI is InChI=1S/C20H28N6O2/c1-14-10-15(2)26(21-14)18-7-8-19(27)25(22-18)13-16-11-24(12-16)17-6-4-5-9-23(3)20(17)28/h7-8,10,16-17H,4-6,9,11-13H2,1-3H3. The normalized spacial score (nSPS) is 21.6. The Morgan fingerprint density at radius 1 is 1.11 bits per heavy atom. The van der Waals surface area contributed by atoms with Gasteiger partial charge in [-0.05, 0) is 45.2 Å². The molecule has 28 heavy (non-hydrogen) atoms. The molecule has 0 bridgehead atoms. The van der Waals surface area contributed by atoms with Gasteiger partial charge in [0.05, 0.1) is 18.3 Å². The van der Waals surface area contributed by atoms with Crippen molar-refractivity contribution in [2.45, 2.75) is 45.7 Å². The number of carbonyl (C=O) groups excluding carboxylic acids is 1. The molecule has 2 fully saturated rings. The molecule has 8 nitrogen and oxygen atoms in total. The Labute approximate surface area is 164 Å². The van der Waals surface area contributed by atoms with E-state index < -0.39 is 0 Å². The monoisotopic (exact) mass is 384 g/mol. The quantitative estimate of drug-likeness (QED) is 0.786. The van der Waals surface area contributed by atoms with E-state index in [1.165, 1.54) is 4.68 Å². The zero-order valence-electron chi connectivity index (χ0n) is 16.8. The molecule has 0 aliphatic carbocycles. The third-order valence-corrected chi connectivity index (χ3v) is 5.82. The predicted molar refractivity (Wildman–Crippen MR) is 105 cm³/mol. The van der Waals surface area contributed by atoms with Crippen LogP contribution in [-0.4, -0.2) is 68.0 Å². The van der Waals surface area contributed by atoms with Gasteiger partial charge in [-0.3, -0.25) is 14.5 Å². The first kappa shape index (κ1) is 18.9. The summed E-state index contributed by atoms with van der Waals surface area (Å²) in [6, 6.07) is 5.25. The van der Waals surface area contributed by atoms with Crippen LogP contribution in [0.2, 0.25) is 0 Å². The lowest BCUT2D eigenvalue weighted by Gasteiger charge is -2.44. The molecule has 2 aromatic heterocycles. The molecule has 0 N–H and O–H groups in total. The highest BCUT2D eigenvalue weighted by Crippen LogP contribution is 2.25. The minimum atomic E-state index is -0.103. The van der Waals surface area contributed by atoms with E-state index in [4.69, 9.17) is 0 Å². The van der Waals surface area contributed by atoms with Crippen molar-refractivity contribution in [3.8, 4) is 5.82 Å². The number of likely N-dealkylation sites (tertiary alicyclic amines) is 2. The molecule has 2 saturated heterocycles. The number of amides is 1. The van der Waals surface area contributed by atoms with Crippen LogP contribution < -0.4 is 5.56 Å². The molecule has 0 radical (unpaired) electrons. The van der Waals surface area contributed by atoms with E-state index in [2.05, 4.69) is 15.1 Å². The van der Waals surface area contributed by atoms with E-state index >= 15 is 0 Å². The van der Waals surface area contributed by atoms with Gasteiger partial charge in [0, 0.05) is 44.4 Å². The van der Waals surface area contributed by atoms with Crippen LogP contribution in [0, 0.1) is 19.8 Å². The van der Waals surface area contributed by atoms with E-state index in [1.54, 1.807) is 16.8 Å². The SMILES string of the molecule is Cc1cc(C)n(-c2ccc(=O)n(CC3CN(C4CCCCN(C)C4=O)C3)n2)n1. The number of rotatable bonds is 4. The summed E-state index contributed by atoms with van der Waals surface area (Å²) in [4.78, 5) is 28.9. The van der Waals surface area contributed by atoms with Crippen LogP contribution in [0.3, 0.4) is 0 Å². The van der Waals surface area contributed by atoms with Crippen molar-refractivity contribution in [2.75, 3.05) is 26.7 Å². The molecule has 2 aliphatic heterocycles.